The molecule has 1 aliphatic rings. The van der Waals surface area contributed by atoms with Gasteiger partial charge in [0.05, 0.1) is 6.10 Å². The molecule has 1 aliphatic heterocycles. The monoisotopic (exact) mass is 349 g/mol. The molecule has 0 unspecified atom stereocenters. The molecule has 0 atom stereocenters. The Bertz CT molecular complexity index is 920. The molecule has 0 radical (unpaired) electrons. The molecule has 3 aromatic carbocycles. The molecule has 134 valence electrons. The fourth-order valence-electron chi connectivity index (χ4n) is 3.21. The summed E-state index contributed by atoms with van der Waals surface area (Å²) in [6.07, 6.45) is 0.129. The average Bonchev–Trinajstić information content (AvgIpc) is 2.66. The first-order valence-electron chi connectivity index (χ1n) is 9.01. The molecule has 1 heterocycles. The molecule has 0 saturated carbocycles. The van der Waals surface area contributed by atoms with Crippen LogP contribution in [-0.2, 0) is 6.54 Å². The van der Waals surface area contributed by atoms with Crippen LogP contribution >= 0.6 is 0 Å². The van der Waals surface area contributed by atoms with Gasteiger partial charge in [0.1, 0.15) is 19.0 Å². The zero-order valence-corrected chi connectivity index (χ0v) is 15.1. The Kier molecular flexibility index (Phi) is 4.57. The van der Waals surface area contributed by atoms with E-state index < -0.39 is 0 Å². The second kappa shape index (κ2) is 7.16. The van der Waals surface area contributed by atoms with Crippen LogP contribution < -0.4 is 19.5 Å². The Balaban J connectivity index is 1.63. The van der Waals surface area contributed by atoms with Crippen LogP contribution in [0, 0.1) is 0 Å². The van der Waals surface area contributed by atoms with E-state index in [1.54, 1.807) is 0 Å². The normalized spacial score (nSPS) is 13.0. The Morgan fingerprint density at radius 2 is 1.77 bits per heavy atom. The summed E-state index contributed by atoms with van der Waals surface area (Å²) in [5.74, 6) is 2.51. The van der Waals surface area contributed by atoms with Crippen LogP contribution in [0.4, 0.5) is 5.69 Å². The molecule has 0 spiro atoms. The summed E-state index contributed by atoms with van der Waals surface area (Å²) in [6.45, 7) is 5.96. The van der Waals surface area contributed by atoms with Gasteiger partial charge in [0, 0.05) is 23.9 Å². The van der Waals surface area contributed by atoms with Crippen LogP contribution in [-0.4, -0.2) is 19.3 Å². The molecule has 0 saturated heterocycles. The molecule has 1 N–H and O–H groups in total. The first-order chi connectivity index (χ1) is 12.7. The van der Waals surface area contributed by atoms with E-state index in [-0.39, 0.29) is 6.10 Å². The van der Waals surface area contributed by atoms with E-state index in [2.05, 4.69) is 41.7 Å². The van der Waals surface area contributed by atoms with Gasteiger partial charge in [0.15, 0.2) is 11.5 Å². The van der Waals surface area contributed by atoms with E-state index in [1.807, 2.05) is 32.0 Å². The third-order valence-electron chi connectivity index (χ3n) is 4.37. The molecule has 0 aliphatic carbocycles. The number of hydrogen-bond donors (Lipinski definition) is 1. The minimum absolute atomic E-state index is 0.129. The summed E-state index contributed by atoms with van der Waals surface area (Å²) in [7, 11) is 0. The quantitative estimate of drug-likeness (QED) is 0.703. The van der Waals surface area contributed by atoms with Gasteiger partial charge in [-0.2, -0.15) is 0 Å². The van der Waals surface area contributed by atoms with Crippen molar-refractivity contribution in [3.05, 3.63) is 60.2 Å². The van der Waals surface area contributed by atoms with E-state index >= 15 is 0 Å². The van der Waals surface area contributed by atoms with Gasteiger partial charge in [-0.3, -0.25) is 0 Å². The fourth-order valence-corrected chi connectivity index (χ4v) is 3.21. The van der Waals surface area contributed by atoms with E-state index in [4.69, 9.17) is 14.2 Å². The van der Waals surface area contributed by atoms with Gasteiger partial charge in [-0.05, 0) is 42.8 Å². The summed E-state index contributed by atoms with van der Waals surface area (Å²) in [5.41, 5.74) is 2.16. The van der Waals surface area contributed by atoms with E-state index in [0.29, 0.717) is 19.8 Å². The van der Waals surface area contributed by atoms with Crippen LogP contribution in [0.2, 0.25) is 0 Å². The lowest BCUT2D eigenvalue weighted by Gasteiger charge is -2.20. The van der Waals surface area contributed by atoms with Crippen molar-refractivity contribution in [1.29, 1.82) is 0 Å². The Hall–Kier alpha value is -2.88. The number of anilines is 1. The lowest BCUT2D eigenvalue weighted by Crippen LogP contribution is -2.15. The van der Waals surface area contributed by atoms with E-state index in [9.17, 15) is 0 Å². The summed E-state index contributed by atoms with van der Waals surface area (Å²) < 4.78 is 17.3. The smallest absolute Gasteiger partial charge is 0.163 e. The van der Waals surface area contributed by atoms with Crippen molar-refractivity contribution in [2.45, 2.75) is 26.5 Å². The van der Waals surface area contributed by atoms with Crippen LogP contribution in [0.1, 0.15) is 19.4 Å². The highest BCUT2D eigenvalue weighted by Gasteiger charge is 2.13. The van der Waals surface area contributed by atoms with Gasteiger partial charge >= 0.3 is 0 Å². The largest absolute Gasteiger partial charge is 0.491 e. The van der Waals surface area contributed by atoms with Gasteiger partial charge < -0.3 is 19.5 Å². The first-order valence-corrected chi connectivity index (χ1v) is 9.01. The summed E-state index contributed by atoms with van der Waals surface area (Å²) in [6, 6.07) is 18.5. The first kappa shape index (κ1) is 16.6. The van der Waals surface area contributed by atoms with Gasteiger partial charge in [-0.1, -0.05) is 30.3 Å². The topological polar surface area (TPSA) is 39.7 Å². The zero-order valence-electron chi connectivity index (χ0n) is 15.1. The number of rotatable bonds is 5. The van der Waals surface area contributed by atoms with Crippen molar-refractivity contribution in [2.75, 3.05) is 18.5 Å². The molecule has 4 heteroatoms. The van der Waals surface area contributed by atoms with E-state index in [1.165, 1.54) is 10.8 Å². The second-order valence-corrected chi connectivity index (χ2v) is 6.64. The van der Waals surface area contributed by atoms with Crippen molar-refractivity contribution < 1.29 is 14.2 Å². The third kappa shape index (κ3) is 3.40. The van der Waals surface area contributed by atoms with Gasteiger partial charge in [0.2, 0.25) is 0 Å². The highest BCUT2D eigenvalue weighted by Crippen LogP contribution is 2.34. The maximum absolute atomic E-state index is 6.05. The molecule has 0 bridgehead atoms. The molecule has 0 amide bonds. The maximum atomic E-state index is 6.05. The summed E-state index contributed by atoms with van der Waals surface area (Å²) in [4.78, 5) is 0. The number of hydrogen-bond acceptors (Lipinski definition) is 4. The number of benzene rings is 3. The second-order valence-electron chi connectivity index (χ2n) is 6.64. The lowest BCUT2D eigenvalue weighted by molar-refractivity contribution is 0.171. The summed E-state index contributed by atoms with van der Waals surface area (Å²) in [5, 5.41) is 5.92. The van der Waals surface area contributed by atoms with Crippen molar-refractivity contribution in [2.24, 2.45) is 0 Å². The summed E-state index contributed by atoms with van der Waals surface area (Å²) >= 11 is 0. The molecule has 0 aromatic heterocycles. The standard InChI is InChI=1S/C22H23NO3/c1-15(2)26-20-9-7-16-5-3-4-6-18(16)19(20)14-23-17-8-10-21-22(13-17)25-12-11-24-21/h3-10,13,15,23H,11-12,14H2,1-2H3. The van der Waals surface area contributed by atoms with Crippen LogP contribution in [0.15, 0.2) is 54.6 Å². The Morgan fingerprint density at radius 1 is 0.962 bits per heavy atom. The fraction of sp³-hybridized carbons (Fsp3) is 0.273. The lowest BCUT2D eigenvalue weighted by atomic mass is 10.0. The predicted molar refractivity (Wildman–Crippen MR) is 104 cm³/mol. The molecule has 4 nitrogen and oxygen atoms in total. The minimum Gasteiger partial charge on any atom is -0.491 e. The van der Waals surface area contributed by atoms with Crippen LogP contribution in [0.25, 0.3) is 10.8 Å². The minimum atomic E-state index is 0.129. The van der Waals surface area contributed by atoms with Crippen molar-refractivity contribution in [1.82, 2.24) is 0 Å². The van der Waals surface area contributed by atoms with Crippen molar-refractivity contribution in [3.63, 3.8) is 0 Å². The Labute approximate surface area is 153 Å². The molecule has 4 rings (SSSR count). The molecule has 26 heavy (non-hydrogen) atoms. The van der Waals surface area contributed by atoms with Gasteiger partial charge in [-0.15, -0.1) is 0 Å². The predicted octanol–water partition coefficient (Wildman–Crippen LogP) is 5.01. The number of ether oxygens (including phenoxy) is 3. The van der Waals surface area contributed by atoms with E-state index in [0.717, 1.165) is 28.5 Å². The van der Waals surface area contributed by atoms with Crippen LogP contribution in [0.5, 0.6) is 17.2 Å². The molecule has 3 aromatic rings. The molecule has 0 fully saturated rings. The maximum Gasteiger partial charge on any atom is 0.163 e. The average molecular weight is 349 g/mol. The third-order valence-corrected chi connectivity index (χ3v) is 4.37. The SMILES string of the molecule is CC(C)Oc1ccc2ccccc2c1CNc1ccc2c(c1)OCCO2. The van der Waals surface area contributed by atoms with Gasteiger partial charge in [-0.25, -0.2) is 0 Å². The van der Waals surface area contributed by atoms with Crippen molar-refractivity contribution in [3.8, 4) is 17.2 Å². The Morgan fingerprint density at radius 3 is 2.62 bits per heavy atom. The number of fused-ring (bicyclic) bond motifs is 2. The van der Waals surface area contributed by atoms with Gasteiger partial charge in [0.25, 0.3) is 0 Å². The highest BCUT2D eigenvalue weighted by atomic mass is 16.6. The molecular weight excluding hydrogens is 326 g/mol. The van der Waals surface area contributed by atoms with Crippen molar-refractivity contribution >= 4 is 16.5 Å². The zero-order chi connectivity index (χ0) is 17.9. The number of nitrogens with one attached hydrogen (secondary N) is 1. The van der Waals surface area contributed by atoms with Crippen LogP contribution in [0.3, 0.4) is 0 Å². The highest BCUT2D eigenvalue weighted by molar-refractivity contribution is 5.88. The molecular formula is C22H23NO3.